The second-order valence-corrected chi connectivity index (χ2v) is 6.42. The van der Waals surface area contributed by atoms with Gasteiger partial charge in [-0.05, 0) is 50.6 Å². The third-order valence-corrected chi connectivity index (χ3v) is 4.60. The van der Waals surface area contributed by atoms with E-state index >= 15 is 0 Å². The number of rotatable bonds is 5. The Hall–Kier alpha value is -2.86. The second kappa shape index (κ2) is 7.58. The summed E-state index contributed by atoms with van der Waals surface area (Å²) in [5.74, 6) is 1.21. The summed E-state index contributed by atoms with van der Waals surface area (Å²) in [7, 11) is 0. The van der Waals surface area contributed by atoms with Crippen molar-refractivity contribution in [2.24, 2.45) is 0 Å². The molecular weight excluding hydrogens is 326 g/mol. The van der Waals surface area contributed by atoms with Gasteiger partial charge in [0.1, 0.15) is 0 Å². The van der Waals surface area contributed by atoms with Crippen molar-refractivity contribution >= 4 is 0 Å². The highest BCUT2D eigenvalue weighted by molar-refractivity contribution is 5.29. The van der Waals surface area contributed by atoms with Gasteiger partial charge in [-0.25, -0.2) is 4.98 Å². The number of pyridine rings is 2. The van der Waals surface area contributed by atoms with Gasteiger partial charge in [0.15, 0.2) is 5.75 Å². The highest BCUT2D eigenvalue weighted by atomic mass is 16.5. The van der Waals surface area contributed by atoms with Crippen LogP contribution >= 0.6 is 0 Å². The summed E-state index contributed by atoms with van der Waals surface area (Å²) < 4.78 is 5.90. The molecule has 1 atom stereocenters. The summed E-state index contributed by atoms with van der Waals surface area (Å²) in [6.07, 6.45) is 9.28. The summed E-state index contributed by atoms with van der Waals surface area (Å²) in [5, 5.41) is 0. The van der Waals surface area contributed by atoms with Gasteiger partial charge >= 0.3 is 0 Å². The molecule has 3 aromatic rings. The number of aromatic nitrogens is 4. The molecule has 0 aromatic carbocycles. The third kappa shape index (κ3) is 3.70. The fraction of sp³-hybridized carbons (Fsp3) is 0.300. The maximum absolute atomic E-state index is 5.90. The van der Waals surface area contributed by atoms with E-state index in [0.29, 0.717) is 11.6 Å². The van der Waals surface area contributed by atoms with Gasteiger partial charge in [0, 0.05) is 18.9 Å². The van der Waals surface area contributed by atoms with Crippen LogP contribution in [-0.4, -0.2) is 31.4 Å². The molecule has 0 aliphatic carbocycles. The number of hydrogen-bond acceptors (Lipinski definition) is 6. The molecule has 0 radical (unpaired) electrons. The molecule has 6 heteroatoms. The molecule has 6 nitrogen and oxygen atoms in total. The van der Waals surface area contributed by atoms with Crippen molar-refractivity contribution in [3.63, 3.8) is 0 Å². The maximum atomic E-state index is 5.90. The molecule has 1 saturated heterocycles. The number of hydrogen-bond donors (Lipinski definition) is 0. The van der Waals surface area contributed by atoms with Gasteiger partial charge < -0.3 is 4.74 Å². The number of aryl methyl sites for hydroxylation is 1. The fourth-order valence-electron chi connectivity index (χ4n) is 3.31. The van der Waals surface area contributed by atoms with E-state index in [2.05, 4.69) is 25.9 Å². The fourth-order valence-corrected chi connectivity index (χ4v) is 3.31. The maximum Gasteiger partial charge on any atom is 0.238 e. The van der Waals surface area contributed by atoms with E-state index in [1.807, 2.05) is 43.6 Å². The van der Waals surface area contributed by atoms with Gasteiger partial charge in [0.2, 0.25) is 5.88 Å². The minimum absolute atomic E-state index is 0.239. The van der Waals surface area contributed by atoms with E-state index in [1.54, 1.807) is 12.4 Å². The van der Waals surface area contributed by atoms with Crippen molar-refractivity contribution < 1.29 is 4.74 Å². The molecule has 26 heavy (non-hydrogen) atoms. The average Bonchev–Trinajstić information content (AvgIpc) is 3.13. The van der Waals surface area contributed by atoms with E-state index in [4.69, 9.17) is 9.72 Å². The molecule has 1 unspecified atom stereocenters. The molecule has 4 heterocycles. The van der Waals surface area contributed by atoms with E-state index in [-0.39, 0.29) is 6.04 Å². The van der Waals surface area contributed by atoms with Crippen LogP contribution < -0.4 is 4.74 Å². The molecule has 4 rings (SSSR count). The van der Waals surface area contributed by atoms with Crippen LogP contribution in [0.5, 0.6) is 11.6 Å². The van der Waals surface area contributed by atoms with Crippen LogP contribution in [0.3, 0.4) is 0 Å². The van der Waals surface area contributed by atoms with Crippen molar-refractivity contribution in [2.75, 3.05) is 6.54 Å². The van der Waals surface area contributed by atoms with Gasteiger partial charge in [0.25, 0.3) is 0 Å². The van der Waals surface area contributed by atoms with Gasteiger partial charge in [-0.15, -0.1) is 0 Å². The van der Waals surface area contributed by atoms with Gasteiger partial charge in [0.05, 0.1) is 35.5 Å². The van der Waals surface area contributed by atoms with Crippen molar-refractivity contribution in [1.82, 2.24) is 24.8 Å². The molecule has 0 amide bonds. The van der Waals surface area contributed by atoms with Crippen LogP contribution in [-0.2, 0) is 6.54 Å². The lowest BCUT2D eigenvalue weighted by Crippen LogP contribution is -2.24. The van der Waals surface area contributed by atoms with Crippen LogP contribution in [0.25, 0.3) is 0 Å². The Morgan fingerprint density at radius 3 is 2.88 bits per heavy atom. The molecular formula is C20H21N5O. The molecule has 0 N–H and O–H groups in total. The molecule has 0 spiro atoms. The molecule has 1 aliphatic heterocycles. The van der Waals surface area contributed by atoms with Crippen LogP contribution in [0, 0.1) is 6.92 Å². The summed E-state index contributed by atoms with van der Waals surface area (Å²) in [6, 6.07) is 10.0. The normalized spacial score (nSPS) is 17.3. The first-order valence-corrected chi connectivity index (χ1v) is 8.85. The number of ether oxygens (including phenoxy) is 1. The molecule has 3 aromatic heterocycles. The minimum Gasteiger partial charge on any atom is -0.436 e. The van der Waals surface area contributed by atoms with Gasteiger partial charge in [-0.2, -0.15) is 0 Å². The topological polar surface area (TPSA) is 64.0 Å². The third-order valence-electron chi connectivity index (χ3n) is 4.60. The Morgan fingerprint density at radius 2 is 2.04 bits per heavy atom. The largest absolute Gasteiger partial charge is 0.436 e. The summed E-state index contributed by atoms with van der Waals surface area (Å²) in [5.41, 5.74) is 2.85. The van der Waals surface area contributed by atoms with Gasteiger partial charge in [-0.3, -0.25) is 19.9 Å². The van der Waals surface area contributed by atoms with E-state index in [0.717, 1.165) is 43.0 Å². The van der Waals surface area contributed by atoms with Crippen molar-refractivity contribution in [3.05, 3.63) is 72.2 Å². The zero-order chi connectivity index (χ0) is 17.8. The Labute approximate surface area is 152 Å². The first-order chi connectivity index (χ1) is 12.8. The summed E-state index contributed by atoms with van der Waals surface area (Å²) in [6.45, 7) is 3.77. The Morgan fingerprint density at radius 1 is 1.12 bits per heavy atom. The zero-order valence-corrected chi connectivity index (χ0v) is 14.7. The Kier molecular flexibility index (Phi) is 4.84. The lowest BCUT2D eigenvalue weighted by Gasteiger charge is -2.23. The quantitative estimate of drug-likeness (QED) is 0.701. The van der Waals surface area contributed by atoms with Crippen molar-refractivity contribution in [1.29, 1.82) is 0 Å². The standard InChI is InChI=1S/C20H21N5O/c1-15-19(8-4-10-22-15)26-20-13-21-12-17(24-20)18-7-5-11-25(18)14-16-6-2-3-9-23-16/h2-4,6,8-10,12-13,18H,5,7,11,14H2,1H3. The number of nitrogens with zero attached hydrogens (tertiary/aromatic N) is 5. The van der Waals surface area contributed by atoms with E-state index in [1.165, 1.54) is 0 Å². The number of likely N-dealkylation sites (tertiary alicyclic amines) is 1. The van der Waals surface area contributed by atoms with Crippen LogP contribution in [0.2, 0.25) is 0 Å². The van der Waals surface area contributed by atoms with Crippen molar-refractivity contribution in [3.8, 4) is 11.6 Å². The van der Waals surface area contributed by atoms with Crippen molar-refractivity contribution in [2.45, 2.75) is 32.4 Å². The molecule has 1 fully saturated rings. The summed E-state index contributed by atoms with van der Waals surface area (Å²) in [4.78, 5) is 20.2. The monoisotopic (exact) mass is 347 g/mol. The SMILES string of the molecule is Cc1ncccc1Oc1cncc(C2CCCN2Cc2ccccn2)n1. The highest BCUT2D eigenvalue weighted by Crippen LogP contribution is 2.32. The Balaban J connectivity index is 1.53. The lowest BCUT2D eigenvalue weighted by atomic mass is 10.1. The highest BCUT2D eigenvalue weighted by Gasteiger charge is 2.28. The molecule has 1 aliphatic rings. The molecule has 132 valence electrons. The average molecular weight is 347 g/mol. The molecule has 0 saturated carbocycles. The van der Waals surface area contributed by atoms with Crippen LogP contribution in [0.1, 0.15) is 36.0 Å². The minimum atomic E-state index is 0.239. The Bertz CT molecular complexity index is 871. The zero-order valence-electron chi connectivity index (χ0n) is 14.7. The smallest absolute Gasteiger partial charge is 0.238 e. The first kappa shape index (κ1) is 16.6. The predicted octanol–water partition coefficient (Wildman–Crippen LogP) is 3.70. The second-order valence-electron chi connectivity index (χ2n) is 6.42. The first-order valence-electron chi connectivity index (χ1n) is 8.85. The molecule has 0 bridgehead atoms. The van der Waals surface area contributed by atoms with Crippen LogP contribution in [0.4, 0.5) is 0 Å². The predicted molar refractivity (Wildman–Crippen MR) is 97.7 cm³/mol. The van der Waals surface area contributed by atoms with Crippen LogP contribution in [0.15, 0.2) is 55.1 Å². The summed E-state index contributed by atoms with van der Waals surface area (Å²) >= 11 is 0. The van der Waals surface area contributed by atoms with E-state index in [9.17, 15) is 0 Å². The van der Waals surface area contributed by atoms with E-state index < -0.39 is 0 Å². The van der Waals surface area contributed by atoms with Gasteiger partial charge in [-0.1, -0.05) is 6.07 Å². The lowest BCUT2D eigenvalue weighted by molar-refractivity contribution is 0.240.